The van der Waals surface area contributed by atoms with Crippen LogP contribution in [0.2, 0.25) is 10.0 Å². The molecule has 0 spiro atoms. The summed E-state index contributed by atoms with van der Waals surface area (Å²) in [6.45, 7) is 1.82. The number of aromatic nitrogens is 4. The minimum absolute atomic E-state index is 0. The summed E-state index contributed by atoms with van der Waals surface area (Å²) in [4.78, 5) is 20.8. The number of hydrogen-bond donors (Lipinski definition) is 1. The van der Waals surface area contributed by atoms with E-state index >= 15 is 0 Å². The summed E-state index contributed by atoms with van der Waals surface area (Å²) in [6.07, 6.45) is 2.94. The second kappa shape index (κ2) is 8.33. The SMILES string of the molecule is C[C@H](NC(=O)c1cccc(Cl)c1)c1ncnn1-c1ccc(Cl)cn1.S. The third kappa shape index (κ3) is 4.50. The van der Waals surface area contributed by atoms with Gasteiger partial charge in [-0.05, 0) is 37.3 Å². The lowest BCUT2D eigenvalue weighted by Crippen LogP contribution is -2.28. The Morgan fingerprint density at radius 1 is 1.16 bits per heavy atom. The molecule has 9 heteroatoms. The molecule has 2 aromatic heterocycles. The predicted octanol–water partition coefficient (Wildman–Crippen LogP) is 3.57. The van der Waals surface area contributed by atoms with Gasteiger partial charge >= 0.3 is 0 Å². The van der Waals surface area contributed by atoms with Crippen molar-refractivity contribution in [3.8, 4) is 5.82 Å². The molecular weight excluding hydrogens is 381 g/mol. The first-order valence-electron chi connectivity index (χ1n) is 7.13. The zero-order valence-corrected chi connectivity index (χ0v) is 15.7. The van der Waals surface area contributed by atoms with Crippen LogP contribution in [0.3, 0.4) is 0 Å². The fraction of sp³-hybridized carbons (Fsp3) is 0.125. The molecule has 130 valence electrons. The van der Waals surface area contributed by atoms with Crippen LogP contribution in [0.15, 0.2) is 48.9 Å². The summed E-state index contributed by atoms with van der Waals surface area (Å²) >= 11 is 11.8. The van der Waals surface area contributed by atoms with E-state index in [9.17, 15) is 4.79 Å². The smallest absolute Gasteiger partial charge is 0.251 e. The number of benzene rings is 1. The van der Waals surface area contributed by atoms with Crippen LogP contribution in [-0.2, 0) is 0 Å². The maximum absolute atomic E-state index is 12.3. The van der Waals surface area contributed by atoms with Crippen molar-refractivity contribution < 1.29 is 4.79 Å². The first kappa shape index (κ1) is 19.2. The van der Waals surface area contributed by atoms with Crippen LogP contribution in [-0.4, -0.2) is 25.7 Å². The van der Waals surface area contributed by atoms with E-state index < -0.39 is 0 Å². The zero-order chi connectivity index (χ0) is 17.1. The molecule has 2 heterocycles. The fourth-order valence-electron chi connectivity index (χ4n) is 2.19. The van der Waals surface area contributed by atoms with Gasteiger partial charge in [-0.1, -0.05) is 29.3 Å². The largest absolute Gasteiger partial charge is 0.342 e. The zero-order valence-electron chi connectivity index (χ0n) is 13.1. The molecule has 1 atom stereocenters. The van der Waals surface area contributed by atoms with Crippen molar-refractivity contribution in [2.75, 3.05) is 0 Å². The number of rotatable bonds is 4. The van der Waals surface area contributed by atoms with Crippen molar-refractivity contribution >= 4 is 42.6 Å². The first-order valence-corrected chi connectivity index (χ1v) is 7.88. The summed E-state index contributed by atoms with van der Waals surface area (Å²) in [7, 11) is 0. The van der Waals surface area contributed by atoms with E-state index in [0.717, 1.165) is 0 Å². The molecule has 0 bridgehead atoms. The molecule has 1 amide bonds. The molecule has 0 aliphatic carbocycles. The predicted molar refractivity (Wildman–Crippen MR) is 102 cm³/mol. The van der Waals surface area contributed by atoms with Crippen molar-refractivity contribution in [1.29, 1.82) is 0 Å². The highest BCUT2D eigenvalue weighted by atomic mass is 35.5. The lowest BCUT2D eigenvalue weighted by Gasteiger charge is -2.14. The van der Waals surface area contributed by atoms with E-state index in [1.807, 2.05) is 6.92 Å². The van der Waals surface area contributed by atoms with Gasteiger partial charge in [0.2, 0.25) is 0 Å². The number of carbonyl (C=O) groups excluding carboxylic acids is 1. The van der Waals surface area contributed by atoms with Crippen LogP contribution in [0.1, 0.15) is 29.1 Å². The highest BCUT2D eigenvalue weighted by Gasteiger charge is 2.18. The lowest BCUT2D eigenvalue weighted by atomic mass is 10.2. The van der Waals surface area contributed by atoms with Crippen LogP contribution in [0, 0.1) is 0 Å². The van der Waals surface area contributed by atoms with Gasteiger partial charge in [0.25, 0.3) is 5.91 Å². The standard InChI is InChI=1S/C16H13Cl2N5O.H2S/c1-10(22-16(24)11-3-2-4-12(17)7-11)15-20-9-21-23(15)14-6-5-13(18)8-19-14;/h2-10H,1H3,(H,22,24);1H2/t10-;/m0./s1. The number of nitrogens with one attached hydrogen (secondary N) is 1. The van der Waals surface area contributed by atoms with Crippen LogP contribution in [0.25, 0.3) is 5.82 Å². The van der Waals surface area contributed by atoms with E-state index in [0.29, 0.717) is 27.3 Å². The first-order chi connectivity index (χ1) is 11.5. The maximum Gasteiger partial charge on any atom is 0.251 e. The molecule has 25 heavy (non-hydrogen) atoms. The normalized spacial score (nSPS) is 11.5. The van der Waals surface area contributed by atoms with Gasteiger partial charge in [0.15, 0.2) is 11.6 Å². The van der Waals surface area contributed by atoms with Gasteiger partial charge < -0.3 is 5.32 Å². The summed E-state index contributed by atoms with van der Waals surface area (Å²) in [5.41, 5.74) is 0.477. The van der Waals surface area contributed by atoms with Crippen LogP contribution in [0.4, 0.5) is 0 Å². The summed E-state index contributed by atoms with van der Waals surface area (Å²) in [5.74, 6) is 0.875. The average Bonchev–Trinajstić information content (AvgIpc) is 3.05. The maximum atomic E-state index is 12.3. The number of amides is 1. The lowest BCUT2D eigenvalue weighted by molar-refractivity contribution is 0.0938. The Balaban J connectivity index is 0.00000225. The quantitative estimate of drug-likeness (QED) is 0.732. The number of halogens is 2. The number of pyridine rings is 1. The van der Waals surface area contributed by atoms with E-state index in [2.05, 4.69) is 20.4 Å². The molecule has 0 radical (unpaired) electrons. The molecule has 1 aromatic carbocycles. The molecule has 0 fully saturated rings. The Kier molecular flexibility index (Phi) is 6.41. The van der Waals surface area contributed by atoms with E-state index in [4.69, 9.17) is 23.2 Å². The third-order valence-electron chi connectivity index (χ3n) is 3.32. The Labute approximate surface area is 161 Å². The number of carbonyl (C=O) groups is 1. The van der Waals surface area contributed by atoms with Crippen molar-refractivity contribution in [3.05, 3.63) is 70.4 Å². The van der Waals surface area contributed by atoms with Gasteiger partial charge in [0, 0.05) is 16.8 Å². The second-order valence-corrected chi connectivity index (χ2v) is 5.94. The van der Waals surface area contributed by atoms with Crippen molar-refractivity contribution in [3.63, 3.8) is 0 Å². The monoisotopic (exact) mass is 395 g/mol. The average molecular weight is 396 g/mol. The van der Waals surface area contributed by atoms with Crippen molar-refractivity contribution in [2.45, 2.75) is 13.0 Å². The Bertz CT molecular complexity index is 869. The molecule has 0 saturated heterocycles. The molecule has 0 unspecified atom stereocenters. The molecule has 3 rings (SSSR count). The van der Waals surface area contributed by atoms with Gasteiger partial charge in [-0.25, -0.2) is 9.97 Å². The topological polar surface area (TPSA) is 72.7 Å². The molecule has 3 aromatic rings. The highest BCUT2D eigenvalue weighted by molar-refractivity contribution is 7.59. The minimum Gasteiger partial charge on any atom is -0.342 e. The number of nitrogens with zero attached hydrogens (tertiary/aromatic N) is 4. The second-order valence-electron chi connectivity index (χ2n) is 5.07. The van der Waals surface area contributed by atoms with E-state index in [1.54, 1.807) is 41.1 Å². The van der Waals surface area contributed by atoms with Crippen molar-refractivity contribution in [2.24, 2.45) is 0 Å². The molecule has 1 N–H and O–H groups in total. The summed E-state index contributed by atoms with van der Waals surface area (Å²) in [6, 6.07) is 9.80. The van der Waals surface area contributed by atoms with Crippen LogP contribution < -0.4 is 5.32 Å². The Hall–Kier alpha value is -2.09. The fourth-order valence-corrected chi connectivity index (χ4v) is 2.49. The van der Waals surface area contributed by atoms with Gasteiger partial charge in [-0.3, -0.25) is 4.79 Å². The summed E-state index contributed by atoms with van der Waals surface area (Å²) < 4.78 is 1.55. The number of hydrogen-bond acceptors (Lipinski definition) is 4. The van der Waals surface area contributed by atoms with Crippen LogP contribution >= 0.6 is 36.7 Å². The third-order valence-corrected chi connectivity index (χ3v) is 3.78. The van der Waals surface area contributed by atoms with E-state index in [1.165, 1.54) is 12.5 Å². The highest BCUT2D eigenvalue weighted by Crippen LogP contribution is 2.16. The molecule has 0 aliphatic rings. The van der Waals surface area contributed by atoms with Gasteiger partial charge in [0.1, 0.15) is 6.33 Å². The van der Waals surface area contributed by atoms with Gasteiger partial charge in [-0.2, -0.15) is 23.3 Å². The van der Waals surface area contributed by atoms with Crippen molar-refractivity contribution in [1.82, 2.24) is 25.1 Å². The van der Waals surface area contributed by atoms with Gasteiger partial charge in [-0.15, -0.1) is 0 Å². The van der Waals surface area contributed by atoms with Gasteiger partial charge in [0.05, 0.1) is 11.1 Å². The molecule has 0 saturated carbocycles. The summed E-state index contributed by atoms with van der Waals surface area (Å²) in [5, 5.41) is 8.07. The molecule has 6 nitrogen and oxygen atoms in total. The van der Waals surface area contributed by atoms with Crippen LogP contribution in [0.5, 0.6) is 0 Å². The molecular formula is C16H15Cl2N5OS. The molecule has 0 aliphatic heterocycles. The minimum atomic E-state index is -0.378. The Morgan fingerprint density at radius 2 is 1.96 bits per heavy atom. The van der Waals surface area contributed by atoms with E-state index in [-0.39, 0.29) is 25.4 Å². The Morgan fingerprint density at radius 3 is 2.64 bits per heavy atom.